The number of benzene rings is 3. The molecule has 0 aliphatic rings. The third-order valence-corrected chi connectivity index (χ3v) is 4.70. The third-order valence-electron chi connectivity index (χ3n) is 4.70. The van der Waals surface area contributed by atoms with Gasteiger partial charge in [-0.2, -0.15) is 0 Å². The van der Waals surface area contributed by atoms with E-state index in [-0.39, 0.29) is 12.4 Å². The highest BCUT2D eigenvalue weighted by molar-refractivity contribution is 6.07. The van der Waals surface area contributed by atoms with Crippen LogP contribution in [-0.4, -0.2) is 29.8 Å². The molecule has 1 unspecified atom stereocenters. The summed E-state index contributed by atoms with van der Waals surface area (Å²) >= 11 is 0. The van der Waals surface area contributed by atoms with Crippen molar-refractivity contribution in [2.75, 3.05) is 19.8 Å². The molecule has 0 saturated carbocycles. The number of fused-ring (bicyclic) bond motifs is 3. The first-order valence-electron chi connectivity index (χ1n) is 8.98. The molecule has 0 fully saturated rings. The van der Waals surface area contributed by atoms with E-state index in [0.717, 1.165) is 22.2 Å². The van der Waals surface area contributed by atoms with Gasteiger partial charge in [0.05, 0.1) is 18.2 Å². The fourth-order valence-electron chi connectivity index (χ4n) is 3.36. The molecule has 0 saturated heterocycles. The van der Waals surface area contributed by atoms with Crippen LogP contribution in [0.25, 0.3) is 21.8 Å². The number of aromatic nitrogens is 1. The monoisotopic (exact) mass is 364 g/mol. The van der Waals surface area contributed by atoms with E-state index in [1.54, 1.807) is 18.2 Å². The Morgan fingerprint density at radius 1 is 0.963 bits per heavy atom. The summed E-state index contributed by atoms with van der Waals surface area (Å²) in [6, 6.07) is 20.2. The van der Waals surface area contributed by atoms with Crippen molar-refractivity contribution in [3.05, 3.63) is 78.1 Å². The lowest BCUT2D eigenvalue weighted by Crippen LogP contribution is -2.29. The van der Waals surface area contributed by atoms with Crippen molar-refractivity contribution in [3.8, 4) is 5.75 Å². The lowest BCUT2D eigenvalue weighted by Gasteiger charge is -2.17. The molecule has 3 aromatic carbocycles. The number of H-pyrrole nitrogens is 1. The molecule has 3 N–H and O–H groups in total. The summed E-state index contributed by atoms with van der Waals surface area (Å²) in [5.41, 5.74) is 2.59. The molecular weight excluding hydrogens is 343 g/mol. The summed E-state index contributed by atoms with van der Waals surface area (Å²) in [5.74, 6) is 0.441. The molecule has 1 atom stereocenters. The molecule has 0 amide bonds. The molecule has 4 nitrogen and oxygen atoms in total. The van der Waals surface area contributed by atoms with E-state index in [2.05, 4.69) is 22.4 Å². The molecule has 1 heterocycles. The average molecular weight is 364 g/mol. The summed E-state index contributed by atoms with van der Waals surface area (Å²) < 4.78 is 19.7. The van der Waals surface area contributed by atoms with Crippen LogP contribution in [0, 0.1) is 5.82 Å². The Hall–Kier alpha value is -2.89. The van der Waals surface area contributed by atoms with Crippen LogP contribution in [0.15, 0.2) is 66.7 Å². The van der Waals surface area contributed by atoms with Gasteiger partial charge in [-0.3, -0.25) is 0 Å². The SMILES string of the molecule is OCC(NCCOc1ccc2c(c1)[nH]c1ccccc12)c1ccccc1F. The molecule has 0 aliphatic carbocycles. The molecule has 0 radical (unpaired) electrons. The van der Waals surface area contributed by atoms with Crippen molar-refractivity contribution < 1.29 is 14.2 Å². The molecule has 5 heteroatoms. The smallest absolute Gasteiger partial charge is 0.128 e. The van der Waals surface area contributed by atoms with Crippen molar-refractivity contribution in [1.29, 1.82) is 0 Å². The first-order valence-corrected chi connectivity index (χ1v) is 8.98. The van der Waals surface area contributed by atoms with Crippen LogP contribution in [0.5, 0.6) is 5.75 Å². The average Bonchev–Trinajstić information content (AvgIpc) is 3.07. The summed E-state index contributed by atoms with van der Waals surface area (Å²) in [6.07, 6.45) is 0. The normalized spacial score (nSPS) is 12.5. The van der Waals surface area contributed by atoms with Gasteiger partial charge in [0.15, 0.2) is 0 Å². The predicted octanol–water partition coefficient (Wildman–Crippen LogP) is 4.16. The van der Waals surface area contributed by atoms with Crippen molar-refractivity contribution in [3.63, 3.8) is 0 Å². The maximum absolute atomic E-state index is 13.9. The van der Waals surface area contributed by atoms with Gasteiger partial charge in [0, 0.05) is 34.5 Å². The second-order valence-electron chi connectivity index (χ2n) is 6.44. The second kappa shape index (κ2) is 7.78. The summed E-state index contributed by atoms with van der Waals surface area (Å²) in [7, 11) is 0. The fourth-order valence-corrected chi connectivity index (χ4v) is 3.36. The van der Waals surface area contributed by atoms with E-state index >= 15 is 0 Å². The Morgan fingerprint density at radius 3 is 2.59 bits per heavy atom. The standard InChI is InChI=1S/C22H21FN2O2/c23-19-7-3-1-6-18(19)22(14-26)24-11-12-27-15-9-10-17-16-5-2-4-8-20(16)25-21(17)13-15/h1-10,13,22,24-26H,11-12,14H2. The van der Waals surface area contributed by atoms with E-state index < -0.39 is 6.04 Å². The van der Waals surface area contributed by atoms with Crippen LogP contribution >= 0.6 is 0 Å². The number of aliphatic hydroxyl groups is 1. The van der Waals surface area contributed by atoms with Crippen LogP contribution in [0.2, 0.25) is 0 Å². The van der Waals surface area contributed by atoms with Gasteiger partial charge in [-0.1, -0.05) is 36.4 Å². The minimum atomic E-state index is -0.453. The number of ether oxygens (including phenoxy) is 1. The third kappa shape index (κ3) is 3.65. The second-order valence-corrected chi connectivity index (χ2v) is 6.44. The first kappa shape index (κ1) is 17.5. The Balaban J connectivity index is 1.38. The summed E-state index contributed by atoms with van der Waals surface area (Å²) in [4.78, 5) is 3.39. The number of para-hydroxylation sites is 1. The van der Waals surface area contributed by atoms with Gasteiger partial charge >= 0.3 is 0 Å². The highest BCUT2D eigenvalue weighted by Crippen LogP contribution is 2.28. The highest BCUT2D eigenvalue weighted by Gasteiger charge is 2.13. The lowest BCUT2D eigenvalue weighted by atomic mass is 10.1. The Labute approximate surface area is 156 Å². The van der Waals surface area contributed by atoms with Crippen LogP contribution in [0.1, 0.15) is 11.6 Å². The number of aliphatic hydroxyl groups excluding tert-OH is 1. The van der Waals surface area contributed by atoms with Crippen LogP contribution in [0.4, 0.5) is 4.39 Å². The predicted molar refractivity (Wildman–Crippen MR) is 106 cm³/mol. The number of hydrogen-bond donors (Lipinski definition) is 3. The number of aromatic amines is 1. The number of rotatable bonds is 7. The van der Waals surface area contributed by atoms with Crippen LogP contribution in [0.3, 0.4) is 0 Å². The van der Waals surface area contributed by atoms with Crippen LogP contribution in [-0.2, 0) is 0 Å². The summed E-state index contributed by atoms with van der Waals surface area (Å²) in [6.45, 7) is 0.725. The quantitative estimate of drug-likeness (QED) is 0.432. The topological polar surface area (TPSA) is 57.3 Å². The number of hydrogen-bond acceptors (Lipinski definition) is 3. The Bertz CT molecular complexity index is 1060. The van der Waals surface area contributed by atoms with Gasteiger partial charge in [-0.05, 0) is 24.3 Å². The van der Waals surface area contributed by atoms with Crippen molar-refractivity contribution >= 4 is 21.8 Å². The van der Waals surface area contributed by atoms with Crippen molar-refractivity contribution in [2.45, 2.75) is 6.04 Å². The number of nitrogens with one attached hydrogen (secondary N) is 2. The van der Waals surface area contributed by atoms with Crippen molar-refractivity contribution in [2.24, 2.45) is 0 Å². The first-order chi connectivity index (χ1) is 13.3. The zero-order valence-corrected chi connectivity index (χ0v) is 14.8. The maximum Gasteiger partial charge on any atom is 0.128 e. The Morgan fingerprint density at radius 2 is 1.74 bits per heavy atom. The molecule has 27 heavy (non-hydrogen) atoms. The van der Waals surface area contributed by atoms with Crippen molar-refractivity contribution in [1.82, 2.24) is 10.3 Å². The van der Waals surface area contributed by atoms with E-state index in [9.17, 15) is 9.50 Å². The molecule has 1 aromatic heterocycles. The maximum atomic E-state index is 13.9. The van der Waals surface area contributed by atoms with E-state index in [0.29, 0.717) is 18.7 Å². The van der Waals surface area contributed by atoms with Gasteiger partial charge < -0.3 is 20.1 Å². The molecule has 138 valence electrons. The van der Waals surface area contributed by atoms with Gasteiger partial charge in [-0.15, -0.1) is 0 Å². The molecule has 4 aromatic rings. The molecule has 0 spiro atoms. The van der Waals surface area contributed by atoms with E-state index in [1.165, 1.54) is 11.5 Å². The molecule has 0 aliphatic heterocycles. The van der Waals surface area contributed by atoms with Gasteiger partial charge in [-0.25, -0.2) is 4.39 Å². The molecular formula is C22H21FN2O2. The van der Waals surface area contributed by atoms with Crippen LogP contribution < -0.4 is 10.1 Å². The van der Waals surface area contributed by atoms with E-state index in [1.807, 2.05) is 30.3 Å². The largest absolute Gasteiger partial charge is 0.492 e. The lowest BCUT2D eigenvalue weighted by molar-refractivity contribution is 0.230. The fraction of sp³-hybridized carbons (Fsp3) is 0.182. The van der Waals surface area contributed by atoms with Gasteiger partial charge in [0.25, 0.3) is 0 Å². The number of halogens is 1. The molecule has 4 rings (SSSR count). The van der Waals surface area contributed by atoms with E-state index in [4.69, 9.17) is 4.74 Å². The summed E-state index contributed by atoms with van der Waals surface area (Å²) in [5, 5.41) is 15.0. The minimum absolute atomic E-state index is 0.179. The zero-order valence-electron chi connectivity index (χ0n) is 14.8. The zero-order chi connectivity index (χ0) is 18.6. The molecule has 0 bridgehead atoms. The Kier molecular flexibility index (Phi) is 5.05. The van der Waals surface area contributed by atoms with Gasteiger partial charge in [0.2, 0.25) is 0 Å². The van der Waals surface area contributed by atoms with Gasteiger partial charge in [0.1, 0.15) is 18.2 Å². The highest BCUT2D eigenvalue weighted by atomic mass is 19.1. The minimum Gasteiger partial charge on any atom is -0.492 e.